The summed E-state index contributed by atoms with van der Waals surface area (Å²) < 4.78 is 6.28. The number of hydrogen-bond acceptors (Lipinski definition) is 6. The number of hydrogen-bond donors (Lipinski definition) is 2. The number of carbonyl (C=O) groups excluding carboxylic acids is 1. The Balaban J connectivity index is 1.40. The number of piperidine rings is 1. The van der Waals surface area contributed by atoms with Crippen molar-refractivity contribution in [2.45, 2.75) is 57.2 Å². The van der Waals surface area contributed by atoms with Gasteiger partial charge in [-0.25, -0.2) is 4.79 Å². The maximum Gasteiger partial charge on any atom is 0.323 e. The molecule has 2 N–H and O–H groups in total. The van der Waals surface area contributed by atoms with Crippen LogP contribution in [0.2, 0.25) is 5.02 Å². The average molecular weight is 437 g/mol. The minimum Gasteiger partial charge on any atom is -0.485 e. The first-order chi connectivity index (χ1) is 13.7. The standard InChI is InChI=1S/C20H25ClN4O3S/c1-19(2,3)16-23-24-17(29-16)22-18(27)25-9-7-20(8-10-25)11-14(26)12-5-4-6-13(21)15(12)28-20/h4-6,14,26H,7-11H2,1-3H3,(H,22,24,27). The summed E-state index contributed by atoms with van der Waals surface area (Å²) in [6, 6.07) is 5.24. The molecule has 2 aliphatic rings. The first-order valence-corrected chi connectivity index (χ1v) is 10.9. The number of benzene rings is 1. The van der Waals surface area contributed by atoms with Gasteiger partial charge in [0.15, 0.2) is 0 Å². The van der Waals surface area contributed by atoms with E-state index < -0.39 is 11.7 Å². The Morgan fingerprint density at radius 1 is 1.34 bits per heavy atom. The van der Waals surface area contributed by atoms with Crippen molar-refractivity contribution in [1.29, 1.82) is 0 Å². The molecule has 1 spiro atoms. The number of carbonyl (C=O) groups is 1. The smallest absolute Gasteiger partial charge is 0.323 e. The third kappa shape index (κ3) is 4.06. The zero-order chi connectivity index (χ0) is 20.8. The number of anilines is 1. The average Bonchev–Trinajstić information content (AvgIpc) is 3.12. The minimum absolute atomic E-state index is 0.102. The zero-order valence-electron chi connectivity index (χ0n) is 16.7. The molecule has 156 valence electrons. The summed E-state index contributed by atoms with van der Waals surface area (Å²) in [4.78, 5) is 14.4. The summed E-state index contributed by atoms with van der Waals surface area (Å²) >= 11 is 7.69. The Morgan fingerprint density at radius 3 is 2.72 bits per heavy atom. The fourth-order valence-electron chi connectivity index (χ4n) is 3.79. The van der Waals surface area contributed by atoms with Crippen LogP contribution in [-0.4, -0.2) is 44.9 Å². The molecule has 0 radical (unpaired) electrons. The number of para-hydroxylation sites is 1. The van der Waals surface area contributed by atoms with E-state index in [1.54, 1.807) is 11.0 Å². The Bertz CT molecular complexity index is 919. The summed E-state index contributed by atoms with van der Waals surface area (Å²) in [6.07, 6.45) is 1.15. The largest absolute Gasteiger partial charge is 0.485 e. The molecule has 2 aromatic rings. The number of ether oxygens (including phenoxy) is 1. The molecule has 0 saturated carbocycles. The second kappa shape index (κ2) is 7.41. The molecule has 9 heteroatoms. The lowest BCUT2D eigenvalue weighted by Crippen LogP contribution is -2.52. The van der Waals surface area contributed by atoms with Gasteiger partial charge in [-0.2, -0.15) is 0 Å². The van der Waals surface area contributed by atoms with E-state index in [1.165, 1.54) is 11.3 Å². The quantitative estimate of drug-likeness (QED) is 0.692. The van der Waals surface area contributed by atoms with Crippen LogP contribution in [0.1, 0.15) is 56.7 Å². The number of nitrogens with zero attached hydrogens (tertiary/aromatic N) is 3. The number of aliphatic hydroxyl groups excluding tert-OH is 1. The van der Waals surface area contributed by atoms with Crippen molar-refractivity contribution < 1.29 is 14.6 Å². The van der Waals surface area contributed by atoms with E-state index in [-0.39, 0.29) is 11.4 Å². The maximum atomic E-state index is 12.7. The Hall–Kier alpha value is -1.90. The van der Waals surface area contributed by atoms with Crippen LogP contribution < -0.4 is 10.1 Å². The van der Waals surface area contributed by atoms with Crippen LogP contribution in [0.3, 0.4) is 0 Å². The number of halogens is 1. The van der Waals surface area contributed by atoms with Crippen LogP contribution in [0.4, 0.5) is 9.93 Å². The zero-order valence-corrected chi connectivity index (χ0v) is 18.3. The number of aromatic nitrogens is 2. The number of amides is 2. The van der Waals surface area contributed by atoms with Crippen LogP contribution in [0.5, 0.6) is 5.75 Å². The van der Waals surface area contributed by atoms with Gasteiger partial charge in [-0.15, -0.1) is 10.2 Å². The van der Waals surface area contributed by atoms with Crippen LogP contribution >= 0.6 is 22.9 Å². The van der Waals surface area contributed by atoms with Gasteiger partial charge in [-0.3, -0.25) is 5.32 Å². The normalized spacial score (nSPS) is 20.9. The van der Waals surface area contributed by atoms with Gasteiger partial charge in [0.05, 0.1) is 11.1 Å². The van der Waals surface area contributed by atoms with Crippen molar-refractivity contribution in [2.24, 2.45) is 0 Å². The van der Waals surface area contributed by atoms with Crippen LogP contribution in [0, 0.1) is 0 Å². The van der Waals surface area contributed by atoms with E-state index >= 15 is 0 Å². The fraction of sp³-hybridized carbons (Fsp3) is 0.550. The van der Waals surface area contributed by atoms with E-state index in [9.17, 15) is 9.90 Å². The Labute approximate surface area is 179 Å². The molecule has 2 aliphatic heterocycles. The number of likely N-dealkylation sites (tertiary alicyclic amines) is 1. The molecular weight excluding hydrogens is 412 g/mol. The van der Waals surface area contributed by atoms with Crippen LogP contribution in [0.25, 0.3) is 0 Å². The predicted octanol–water partition coefficient (Wildman–Crippen LogP) is 4.37. The molecule has 29 heavy (non-hydrogen) atoms. The van der Waals surface area contributed by atoms with Gasteiger partial charge in [0.1, 0.15) is 16.4 Å². The third-order valence-corrected chi connectivity index (χ3v) is 7.04. The highest BCUT2D eigenvalue weighted by atomic mass is 35.5. The lowest BCUT2D eigenvalue weighted by Gasteiger charge is -2.45. The molecule has 1 unspecified atom stereocenters. The summed E-state index contributed by atoms with van der Waals surface area (Å²) in [7, 11) is 0. The maximum absolute atomic E-state index is 12.7. The highest BCUT2D eigenvalue weighted by Crippen LogP contribution is 2.47. The molecule has 1 aromatic heterocycles. The lowest BCUT2D eigenvalue weighted by atomic mass is 9.82. The summed E-state index contributed by atoms with van der Waals surface area (Å²) in [5.74, 6) is 0.564. The van der Waals surface area contributed by atoms with Gasteiger partial charge in [-0.05, 0) is 6.07 Å². The highest BCUT2D eigenvalue weighted by molar-refractivity contribution is 7.15. The second-order valence-corrected chi connectivity index (χ2v) is 10.1. The predicted molar refractivity (Wildman–Crippen MR) is 113 cm³/mol. The van der Waals surface area contributed by atoms with E-state index in [0.717, 1.165) is 10.6 Å². The Kier molecular flexibility index (Phi) is 5.21. The van der Waals surface area contributed by atoms with Crippen molar-refractivity contribution in [1.82, 2.24) is 15.1 Å². The van der Waals surface area contributed by atoms with Crippen molar-refractivity contribution >= 4 is 34.1 Å². The van der Waals surface area contributed by atoms with Crippen molar-refractivity contribution in [3.05, 3.63) is 33.8 Å². The van der Waals surface area contributed by atoms with Gasteiger partial charge >= 0.3 is 6.03 Å². The second-order valence-electron chi connectivity index (χ2n) is 8.74. The monoisotopic (exact) mass is 436 g/mol. The summed E-state index contributed by atoms with van der Waals surface area (Å²) in [5, 5.41) is 23.6. The van der Waals surface area contributed by atoms with Gasteiger partial charge in [-0.1, -0.05) is 55.8 Å². The molecule has 1 saturated heterocycles. The number of fused-ring (bicyclic) bond motifs is 1. The summed E-state index contributed by atoms with van der Waals surface area (Å²) in [6.45, 7) is 7.25. The molecule has 0 aliphatic carbocycles. The lowest BCUT2D eigenvalue weighted by molar-refractivity contribution is -0.0470. The molecule has 1 fully saturated rings. The number of nitrogens with one attached hydrogen (secondary N) is 1. The molecule has 7 nitrogen and oxygen atoms in total. The third-order valence-electron chi connectivity index (χ3n) is 5.48. The first kappa shape index (κ1) is 20.4. The SMILES string of the molecule is CC(C)(C)c1nnc(NC(=O)N2CCC3(CC2)CC(O)c2cccc(Cl)c2O3)s1. The molecule has 1 aromatic carbocycles. The molecule has 0 bridgehead atoms. The number of aliphatic hydroxyl groups is 1. The van der Waals surface area contributed by atoms with Crippen LogP contribution in [-0.2, 0) is 5.41 Å². The van der Waals surface area contributed by atoms with E-state index in [4.69, 9.17) is 16.3 Å². The van der Waals surface area contributed by atoms with Crippen molar-refractivity contribution in [3.63, 3.8) is 0 Å². The topological polar surface area (TPSA) is 87.6 Å². The molecule has 3 heterocycles. The van der Waals surface area contributed by atoms with E-state index in [2.05, 4.69) is 36.3 Å². The number of rotatable bonds is 1. The first-order valence-electron chi connectivity index (χ1n) is 9.72. The van der Waals surface area contributed by atoms with Crippen LogP contribution in [0.15, 0.2) is 18.2 Å². The number of urea groups is 1. The van der Waals surface area contributed by atoms with E-state index in [1.807, 2.05) is 12.1 Å². The minimum atomic E-state index is -0.616. The van der Waals surface area contributed by atoms with Gasteiger partial charge in [0.2, 0.25) is 5.13 Å². The molecular formula is C20H25ClN4O3S. The molecule has 4 rings (SSSR count). The van der Waals surface area contributed by atoms with E-state index in [0.29, 0.717) is 48.3 Å². The van der Waals surface area contributed by atoms with Gasteiger partial charge in [0.25, 0.3) is 0 Å². The Morgan fingerprint density at radius 2 is 2.07 bits per heavy atom. The molecule has 2 amide bonds. The summed E-state index contributed by atoms with van der Waals surface area (Å²) in [5.41, 5.74) is 0.125. The van der Waals surface area contributed by atoms with Crippen molar-refractivity contribution in [2.75, 3.05) is 18.4 Å². The van der Waals surface area contributed by atoms with Crippen molar-refractivity contribution in [3.8, 4) is 5.75 Å². The van der Waals surface area contributed by atoms with Gasteiger partial charge in [0, 0.05) is 43.3 Å². The van der Waals surface area contributed by atoms with Gasteiger partial charge < -0.3 is 14.7 Å². The highest BCUT2D eigenvalue weighted by Gasteiger charge is 2.44. The fourth-order valence-corrected chi connectivity index (χ4v) is 4.80. The molecule has 1 atom stereocenters.